The number of fused-ring (bicyclic) bond motifs is 1. The van der Waals surface area contributed by atoms with Crippen LogP contribution in [0.5, 0.6) is 5.75 Å². The molecule has 1 aliphatic rings. The highest BCUT2D eigenvalue weighted by Gasteiger charge is 2.31. The predicted octanol–water partition coefficient (Wildman–Crippen LogP) is 2.77. The summed E-state index contributed by atoms with van der Waals surface area (Å²) >= 11 is 1.67. The zero-order chi connectivity index (χ0) is 22.0. The third-order valence-electron chi connectivity index (χ3n) is 5.13. The van der Waals surface area contributed by atoms with Crippen molar-refractivity contribution in [3.63, 3.8) is 0 Å². The lowest BCUT2D eigenvalue weighted by Crippen LogP contribution is -2.48. The van der Waals surface area contributed by atoms with E-state index in [4.69, 9.17) is 4.74 Å². The van der Waals surface area contributed by atoms with Gasteiger partial charge in [0, 0.05) is 38.8 Å². The number of carbonyl (C=O) groups excluding carboxylic acids is 1. The van der Waals surface area contributed by atoms with Gasteiger partial charge in [-0.15, -0.1) is 11.3 Å². The fourth-order valence-corrected chi connectivity index (χ4v) is 6.22. The zero-order valence-electron chi connectivity index (χ0n) is 17.4. The molecule has 2 heterocycles. The Balaban J connectivity index is 1.46. The van der Waals surface area contributed by atoms with E-state index in [1.807, 2.05) is 18.2 Å². The van der Waals surface area contributed by atoms with Gasteiger partial charge in [0.2, 0.25) is 15.9 Å². The molecule has 1 saturated heterocycles. The Kier molecular flexibility index (Phi) is 6.24. The maximum absolute atomic E-state index is 13.3. The van der Waals surface area contributed by atoms with Crippen LogP contribution in [0.15, 0.2) is 47.4 Å². The lowest BCUT2D eigenvalue weighted by atomic mass is 10.3. The van der Waals surface area contributed by atoms with E-state index in [0.29, 0.717) is 38.4 Å². The van der Waals surface area contributed by atoms with Crippen LogP contribution in [0.25, 0.3) is 10.2 Å². The highest BCUT2D eigenvalue weighted by Crippen LogP contribution is 2.30. The fourth-order valence-electron chi connectivity index (χ4n) is 3.61. The highest BCUT2D eigenvalue weighted by molar-refractivity contribution is 7.89. The largest absolute Gasteiger partial charge is 0.495 e. The minimum Gasteiger partial charge on any atom is -0.495 e. The second-order valence-electron chi connectivity index (χ2n) is 7.30. The molecular weight excluding hydrogens is 436 g/mol. The number of hydrogen-bond acceptors (Lipinski definition) is 7. The summed E-state index contributed by atoms with van der Waals surface area (Å²) in [6.07, 6.45) is 0. The third-order valence-corrected chi connectivity index (χ3v) is 8.07. The number of ether oxygens (including phenoxy) is 1. The molecule has 1 N–H and O–H groups in total. The Morgan fingerprint density at radius 3 is 2.58 bits per heavy atom. The Hall–Kier alpha value is -2.53. The number of carbonyl (C=O) groups is 1. The van der Waals surface area contributed by atoms with Crippen molar-refractivity contribution in [2.45, 2.75) is 18.4 Å². The number of sulfonamides is 1. The number of aromatic nitrogens is 1. The van der Waals surface area contributed by atoms with Crippen LogP contribution in [0.1, 0.15) is 11.9 Å². The molecule has 1 aromatic heterocycles. The fraction of sp³-hybridized carbons (Fsp3) is 0.333. The predicted molar refractivity (Wildman–Crippen MR) is 121 cm³/mol. The van der Waals surface area contributed by atoms with Crippen LogP contribution in [0.3, 0.4) is 0 Å². The second kappa shape index (κ2) is 8.91. The van der Waals surface area contributed by atoms with Crippen molar-refractivity contribution in [2.24, 2.45) is 0 Å². The smallest absolute Gasteiger partial charge is 0.246 e. The topological polar surface area (TPSA) is 91.8 Å². The summed E-state index contributed by atoms with van der Waals surface area (Å²) in [4.78, 5) is 18.3. The Bertz CT molecular complexity index is 1170. The van der Waals surface area contributed by atoms with Crippen molar-refractivity contribution in [1.82, 2.24) is 14.2 Å². The standard InChI is InChI=1S/C21H24N4O4S2/c1-15(26)22-16-7-8-18(29-2)20(13-16)31(27,28)25-11-9-24(10-12-25)14-21-23-17-5-3-4-6-19(17)30-21/h3-8,13H,9-12,14H2,1-2H3,(H,22,26). The van der Waals surface area contributed by atoms with E-state index in [-0.39, 0.29) is 16.6 Å². The van der Waals surface area contributed by atoms with E-state index in [9.17, 15) is 13.2 Å². The summed E-state index contributed by atoms with van der Waals surface area (Å²) < 4.78 is 34.5. The Morgan fingerprint density at radius 2 is 1.90 bits per heavy atom. The van der Waals surface area contributed by atoms with Crippen molar-refractivity contribution < 1.29 is 17.9 Å². The normalized spacial score (nSPS) is 15.8. The van der Waals surface area contributed by atoms with Gasteiger partial charge in [-0.3, -0.25) is 9.69 Å². The molecule has 4 rings (SSSR count). The van der Waals surface area contributed by atoms with Crippen molar-refractivity contribution in [1.29, 1.82) is 0 Å². The second-order valence-corrected chi connectivity index (χ2v) is 10.3. The maximum Gasteiger partial charge on any atom is 0.246 e. The molecule has 1 fully saturated rings. The molecule has 0 spiro atoms. The lowest BCUT2D eigenvalue weighted by Gasteiger charge is -2.33. The van der Waals surface area contributed by atoms with Gasteiger partial charge in [0.15, 0.2) is 0 Å². The first-order valence-electron chi connectivity index (χ1n) is 9.89. The van der Waals surface area contributed by atoms with Gasteiger partial charge in [0.25, 0.3) is 0 Å². The molecule has 10 heteroatoms. The van der Waals surface area contributed by atoms with Gasteiger partial charge in [-0.1, -0.05) is 12.1 Å². The maximum atomic E-state index is 13.3. The molecule has 0 radical (unpaired) electrons. The van der Waals surface area contributed by atoms with Crippen LogP contribution in [0, 0.1) is 0 Å². The van der Waals surface area contributed by atoms with Crippen molar-refractivity contribution in [2.75, 3.05) is 38.6 Å². The zero-order valence-corrected chi connectivity index (χ0v) is 19.0. The summed E-state index contributed by atoms with van der Waals surface area (Å²) in [7, 11) is -2.33. The first kappa shape index (κ1) is 21.7. The summed E-state index contributed by atoms with van der Waals surface area (Å²) in [5.41, 5.74) is 1.41. The molecular formula is C21H24N4O4S2. The summed E-state index contributed by atoms with van der Waals surface area (Å²) in [6.45, 7) is 4.06. The van der Waals surface area contributed by atoms with Crippen LogP contribution in [0.2, 0.25) is 0 Å². The van der Waals surface area contributed by atoms with E-state index in [1.165, 1.54) is 24.4 Å². The number of amides is 1. The van der Waals surface area contributed by atoms with Crippen LogP contribution < -0.4 is 10.1 Å². The van der Waals surface area contributed by atoms with E-state index in [0.717, 1.165) is 15.2 Å². The lowest BCUT2D eigenvalue weighted by molar-refractivity contribution is -0.114. The summed E-state index contributed by atoms with van der Waals surface area (Å²) in [5.74, 6) is -0.0111. The number of nitrogens with one attached hydrogen (secondary N) is 1. The SMILES string of the molecule is COc1ccc(NC(C)=O)cc1S(=O)(=O)N1CCN(Cc2nc3ccccc3s2)CC1. The van der Waals surface area contributed by atoms with Gasteiger partial charge in [-0.25, -0.2) is 13.4 Å². The van der Waals surface area contributed by atoms with Crippen LogP contribution in [0.4, 0.5) is 5.69 Å². The summed E-state index contributed by atoms with van der Waals surface area (Å²) in [6, 6.07) is 12.7. The Labute approximate surface area is 185 Å². The molecule has 1 amide bonds. The number of nitrogens with zero attached hydrogens (tertiary/aromatic N) is 3. The van der Waals surface area contributed by atoms with E-state index >= 15 is 0 Å². The molecule has 0 bridgehead atoms. The molecule has 31 heavy (non-hydrogen) atoms. The molecule has 0 aliphatic carbocycles. The molecule has 0 atom stereocenters. The monoisotopic (exact) mass is 460 g/mol. The van der Waals surface area contributed by atoms with Crippen LogP contribution in [-0.4, -0.2) is 61.8 Å². The molecule has 2 aromatic carbocycles. The number of para-hydroxylation sites is 1. The highest BCUT2D eigenvalue weighted by atomic mass is 32.2. The third kappa shape index (κ3) is 4.72. The van der Waals surface area contributed by atoms with Crippen LogP contribution >= 0.6 is 11.3 Å². The summed E-state index contributed by atoms with van der Waals surface area (Å²) in [5, 5.41) is 3.66. The van der Waals surface area contributed by atoms with Crippen molar-refractivity contribution in [3.05, 3.63) is 47.5 Å². The molecule has 8 nitrogen and oxygen atoms in total. The van der Waals surface area contributed by atoms with Gasteiger partial charge in [0.1, 0.15) is 15.7 Å². The van der Waals surface area contributed by atoms with Gasteiger partial charge >= 0.3 is 0 Å². The average molecular weight is 461 g/mol. The van der Waals surface area contributed by atoms with E-state index in [2.05, 4.69) is 21.3 Å². The van der Waals surface area contributed by atoms with Gasteiger partial charge in [-0.2, -0.15) is 4.31 Å². The Morgan fingerprint density at radius 1 is 1.16 bits per heavy atom. The minimum atomic E-state index is -3.76. The van der Waals surface area contributed by atoms with E-state index in [1.54, 1.807) is 23.5 Å². The van der Waals surface area contributed by atoms with E-state index < -0.39 is 10.0 Å². The number of benzene rings is 2. The molecule has 0 saturated carbocycles. The number of rotatable bonds is 6. The quantitative estimate of drug-likeness (QED) is 0.608. The molecule has 0 unspecified atom stereocenters. The number of piperazine rings is 1. The van der Waals surface area contributed by atoms with Crippen molar-refractivity contribution in [3.8, 4) is 5.75 Å². The van der Waals surface area contributed by atoms with Crippen molar-refractivity contribution >= 4 is 43.2 Å². The molecule has 3 aromatic rings. The molecule has 1 aliphatic heterocycles. The number of thiazole rings is 1. The minimum absolute atomic E-state index is 0.0564. The number of anilines is 1. The molecule has 164 valence electrons. The average Bonchev–Trinajstić information content (AvgIpc) is 3.16. The van der Waals surface area contributed by atoms with Gasteiger partial charge in [0.05, 0.1) is 23.9 Å². The number of methoxy groups -OCH3 is 1. The van der Waals surface area contributed by atoms with Gasteiger partial charge < -0.3 is 10.1 Å². The first-order valence-corrected chi connectivity index (χ1v) is 12.1. The van der Waals surface area contributed by atoms with Gasteiger partial charge in [-0.05, 0) is 30.3 Å². The first-order chi connectivity index (χ1) is 14.9. The number of hydrogen-bond donors (Lipinski definition) is 1. The van der Waals surface area contributed by atoms with Crippen LogP contribution in [-0.2, 0) is 21.4 Å².